The molecule has 0 heterocycles. The molecule has 6 heteroatoms. The molecule has 3 N–H and O–H groups in total. The molecule has 2 amide bonds. The lowest BCUT2D eigenvalue weighted by molar-refractivity contribution is 0.0949. The molecule has 0 radical (unpaired) electrons. The first kappa shape index (κ1) is 21.0. The topological polar surface area (TPSA) is 78.4 Å². The smallest absolute Gasteiger partial charge is 0.254 e. The molecule has 3 rings (SSSR count). The van der Waals surface area contributed by atoms with Gasteiger partial charge in [-0.05, 0) is 54.8 Å². The minimum atomic E-state index is -0.581. The maximum atomic E-state index is 14.4. The second-order valence-electron chi connectivity index (χ2n) is 6.98. The van der Waals surface area contributed by atoms with Gasteiger partial charge in [0.15, 0.2) is 0 Å². The zero-order chi connectivity index (χ0) is 21.5. The SMILES string of the molecule is Cc1ccc(-c2ccc(C(=O)NCCCNC(=O)c3cccc(O)c3)c(F)c2)cc1. The van der Waals surface area contributed by atoms with E-state index in [1.807, 2.05) is 31.2 Å². The number of carbonyl (C=O) groups is 2. The van der Waals surface area contributed by atoms with E-state index in [1.165, 1.54) is 24.3 Å². The van der Waals surface area contributed by atoms with Gasteiger partial charge in [-0.2, -0.15) is 0 Å². The molecule has 0 fully saturated rings. The molecular weight excluding hydrogens is 383 g/mol. The van der Waals surface area contributed by atoms with E-state index in [0.717, 1.165) is 11.1 Å². The molecule has 0 unspecified atom stereocenters. The molecule has 0 bridgehead atoms. The molecular formula is C24H23FN2O3. The van der Waals surface area contributed by atoms with Crippen LogP contribution >= 0.6 is 0 Å². The Morgan fingerprint density at radius 2 is 1.53 bits per heavy atom. The van der Waals surface area contributed by atoms with E-state index in [9.17, 15) is 19.1 Å². The molecule has 0 aromatic heterocycles. The molecule has 3 aromatic carbocycles. The van der Waals surface area contributed by atoms with Crippen molar-refractivity contribution in [2.24, 2.45) is 0 Å². The Labute approximate surface area is 174 Å². The average Bonchev–Trinajstić information content (AvgIpc) is 2.73. The van der Waals surface area contributed by atoms with Gasteiger partial charge in [0.1, 0.15) is 11.6 Å². The Balaban J connectivity index is 1.48. The number of rotatable bonds is 7. The summed E-state index contributed by atoms with van der Waals surface area (Å²) < 4.78 is 14.4. The second-order valence-corrected chi connectivity index (χ2v) is 6.98. The number of halogens is 1. The van der Waals surface area contributed by atoms with Crippen molar-refractivity contribution in [3.63, 3.8) is 0 Å². The maximum absolute atomic E-state index is 14.4. The minimum Gasteiger partial charge on any atom is -0.508 e. The third kappa shape index (κ3) is 5.44. The number of carbonyl (C=O) groups excluding carboxylic acids is 2. The van der Waals surface area contributed by atoms with E-state index in [1.54, 1.807) is 18.2 Å². The van der Waals surface area contributed by atoms with Crippen LogP contribution in [0.5, 0.6) is 5.75 Å². The maximum Gasteiger partial charge on any atom is 0.254 e. The van der Waals surface area contributed by atoms with Gasteiger partial charge < -0.3 is 15.7 Å². The predicted octanol–water partition coefficient (Wildman–Crippen LogP) is 4.06. The van der Waals surface area contributed by atoms with Gasteiger partial charge in [-0.3, -0.25) is 9.59 Å². The van der Waals surface area contributed by atoms with Gasteiger partial charge in [0.25, 0.3) is 11.8 Å². The summed E-state index contributed by atoms with van der Waals surface area (Å²) in [6.07, 6.45) is 0.485. The van der Waals surface area contributed by atoms with Crippen LogP contribution in [0.3, 0.4) is 0 Å². The molecule has 3 aromatic rings. The van der Waals surface area contributed by atoms with E-state index in [4.69, 9.17) is 0 Å². The highest BCUT2D eigenvalue weighted by Gasteiger charge is 2.12. The highest BCUT2D eigenvalue weighted by molar-refractivity contribution is 5.95. The zero-order valence-electron chi connectivity index (χ0n) is 16.6. The van der Waals surface area contributed by atoms with Crippen LogP contribution in [0.25, 0.3) is 11.1 Å². The summed E-state index contributed by atoms with van der Waals surface area (Å²) in [4.78, 5) is 24.2. The van der Waals surface area contributed by atoms with Gasteiger partial charge in [-0.15, -0.1) is 0 Å². The molecule has 0 saturated carbocycles. The molecule has 0 aliphatic carbocycles. The number of hydrogen-bond acceptors (Lipinski definition) is 3. The van der Waals surface area contributed by atoms with Crippen LogP contribution in [0.15, 0.2) is 66.7 Å². The molecule has 0 saturated heterocycles. The molecule has 0 spiro atoms. The summed E-state index contributed by atoms with van der Waals surface area (Å²) in [5.41, 5.74) is 3.05. The first-order valence-corrected chi connectivity index (χ1v) is 9.66. The van der Waals surface area contributed by atoms with Crippen molar-refractivity contribution in [2.75, 3.05) is 13.1 Å². The second kappa shape index (κ2) is 9.69. The fourth-order valence-corrected chi connectivity index (χ4v) is 2.96. The van der Waals surface area contributed by atoms with Crippen LogP contribution in [0.2, 0.25) is 0 Å². The van der Waals surface area contributed by atoms with Crippen LogP contribution in [-0.4, -0.2) is 30.0 Å². The van der Waals surface area contributed by atoms with E-state index in [2.05, 4.69) is 10.6 Å². The predicted molar refractivity (Wildman–Crippen MR) is 114 cm³/mol. The molecule has 0 atom stereocenters. The standard InChI is InChI=1S/C24H23FN2O3/c1-16-6-8-17(9-7-16)18-10-11-21(22(25)15-18)24(30)27-13-3-12-26-23(29)19-4-2-5-20(28)14-19/h2,4-11,14-15,28H,3,12-13H2,1H3,(H,26,29)(H,27,30). The van der Waals surface area contributed by atoms with E-state index in [-0.39, 0.29) is 23.8 Å². The number of phenolic OH excluding ortho intramolecular Hbond substituents is 1. The van der Waals surface area contributed by atoms with Crippen LogP contribution < -0.4 is 10.6 Å². The van der Waals surface area contributed by atoms with Gasteiger partial charge in [0.05, 0.1) is 5.56 Å². The quantitative estimate of drug-likeness (QED) is 0.518. The third-order valence-corrected chi connectivity index (χ3v) is 4.63. The lowest BCUT2D eigenvalue weighted by Gasteiger charge is -2.09. The Morgan fingerprint density at radius 3 is 2.20 bits per heavy atom. The monoisotopic (exact) mass is 406 g/mol. The summed E-state index contributed by atoms with van der Waals surface area (Å²) >= 11 is 0. The van der Waals surface area contributed by atoms with Crippen molar-refractivity contribution in [1.82, 2.24) is 10.6 Å². The minimum absolute atomic E-state index is 0.0188. The Hall–Kier alpha value is -3.67. The Bertz CT molecular complexity index is 1050. The summed E-state index contributed by atoms with van der Waals surface area (Å²) in [6, 6.07) is 18.3. The Morgan fingerprint density at radius 1 is 0.867 bits per heavy atom. The lowest BCUT2D eigenvalue weighted by Crippen LogP contribution is -2.30. The highest BCUT2D eigenvalue weighted by Crippen LogP contribution is 2.22. The summed E-state index contributed by atoms with van der Waals surface area (Å²) in [7, 11) is 0. The number of amides is 2. The fourth-order valence-electron chi connectivity index (χ4n) is 2.96. The van der Waals surface area contributed by atoms with E-state index < -0.39 is 11.7 Å². The van der Waals surface area contributed by atoms with Gasteiger partial charge in [0.2, 0.25) is 0 Å². The number of hydrogen-bond donors (Lipinski definition) is 3. The first-order valence-electron chi connectivity index (χ1n) is 9.66. The zero-order valence-corrected chi connectivity index (χ0v) is 16.6. The average molecular weight is 406 g/mol. The van der Waals surface area contributed by atoms with Crippen molar-refractivity contribution in [2.45, 2.75) is 13.3 Å². The number of benzene rings is 3. The summed E-state index contributed by atoms with van der Waals surface area (Å²) in [5, 5.41) is 14.8. The number of phenols is 1. The fraction of sp³-hybridized carbons (Fsp3) is 0.167. The van der Waals surface area contributed by atoms with Crippen LogP contribution in [0.1, 0.15) is 32.7 Å². The number of nitrogens with one attached hydrogen (secondary N) is 2. The van der Waals surface area contributed by atoms with Gasteiger partial charge in [-0.1, -0.05) is 42.0 Å². The van der Waals surface area contributed by atoms with Crippen molar-refractivity contribution in [1.29, 1.82) is 0 Å². The van der Waals surface area contributed by atoms with Gasteiger partial charge in [0, 0.05) is 18.7 Å². The molecule has 30 heavy (non-hydrogen) atoms. The van der Waals surface area contributed by atoms with Gasteiger partial charge >= 0.3 is 0 Å². The lowest BCUT2D eigenvalue weighted by atomic mass is 10.0. The number of aryl methyl sites for hydroxylation is 1. The summed E-state index contributed by atoms with van der Waals surface area (Å²) in [5.74, 6) is -1.37. The summed E-state index contributed by atoms with van der Waals surface area (Å²) in [6.45, 7) is 2.61. The molecule has 0 aliphatic rings. The molecule has 5 nitrogen and oxygen atoms in total. The normalized spacial score (nSPS) is 10.5. The van der Waals surface area contributed by atoms with Crippen LogP contribution in [-0.2, 0) is 0 Å². The van der Waals surface area contributed by atoms with E-state index in [0.29, 0.717) is 24.1 Å². The molecule has 154 valence electrons. The number of aromatic hydroxyl groups is 1. The van der Waals surface area contributed by atoms with Crippen LogP contribution in [0, 0.1) is 12.7 Å². The highest BCUT2D eigenvalue weighted by atomic mass is 19.1. The molecule has 0 aliphatic heterocycles. The van der Waals surface area contributed by atoms with E-state index >= 15 is 0 Å². The largest absolute Gasteiger partial charge is 0.508 e. The van der Waals surface area contributed by atoms with Crippen molar-refractivity contribution >= 4 is 11.8 Å². The van der Waals surface area contributed by atoms with Crippen molar-refractivity contribution < 1.29 is 19.1 Å². The first-order chi connectivity index (χ1) is 14.4. The Kier molecular flexibility index (Phi) is 6.80. The van der Waals surface area contributed by atoms with Crippen molar-refractivity contribution in [3.05, 3.63) is 89.2 Å². The third-order valence-electron chi connectivity index (χ3n) is 4.63. The van der Waals surface area contributed by atoms with Crippen molar-refractivity contribution in [3.8, 4) is 16.9 Å². The van der Waals surface area contributed by atoms with Crippen LogP contribution in [0.4, 0.5) is 4.39 Å². The van der Waals surface area contributed by atoms with Gasteiger partial charge in [-0.25, -0.2) is 4.39 Å².